The van der Waals surface area contributed by atoms with Crippen molar-refractivity contribution in [3.63, 3.8) is 0 Å². The molecule has 84 valence electrons. The fraction of sp³-hybridized carbons (Fsp3) is 0.500. The first-order valence-corrected chi connectivity index (χ1v) is 5.18. The van der Waals surface area contributed by atoms with Gasteiger partial charge in [-0.1, -0.05) is 18.2 Å². The lowest BCUT2D eigenvalue weighted by Crippen LogP contribution is -2.38. The van der Waals surface area contributed by atoms with Crippen LogP contribution in [0.1, 0.15) is 5.56 Å². The van der Waals surface area contributed by atoms with Crippen LogP contribution in [0, 0.1) is 6.92 Å². The summed E-state index contributed by atoms with van der Waals surface area (Å²) in [4.78, 5) is 2.06. The molecule has 15 heavy (non-hydrogen) atoms. The predicted octanol–water partition coefficient (Wildman–Crippen LogP) is 1.26. The second-order valence-electron chi connectivity index (χ2n) is 4.10. The molecule has 0 radical (unpaired) electrons. The molecule has 0 aliphatic rings. The Bertz CT molecular complexity index is 299. The highest BCUT2D eigenvalue weighted by molar-refractivity contribution is 5.31. The summed E-state index contributed by atoms with van der Waals surface area (Å²) in [7, 11) is 4.02. The van der Waals surface area contributed by atoms with E-state index in [2.05, 4.69) is 4.90 Å². The molecule has 1 atom stereocenters. The molecular formula is C12H20N2O. The molecule has 3 nitrogen and oxygen atoms in total. The highest BCUT2D eigenvalue weighted by Crippen LogP contribution is 2.15. The van der Waals surface area contributed by atoms with E-state index in [0.29, 0.717) is 6.61 Å². The van der Waals surface area contributed by atoms with Crippen molar-refractivity contribution < 1.29 is 4.74 Å². The summed E-state index contributed by atoms with van der Waals surface area (Å²) in [5, 5.41) is 0. The molecule has 2 N–H and O–H groups in total. The van der Waals surface area contributed by atoms with Crippen LogP contribution in [0.2, 0.25) is 0 Å². The zero-order valence-electron chi connectivity index (χ0n) is 9.73. The second-order valence-corrected chi connectivity index (χ2v) is 4.10. The molecule has 0 heterocycles. The Morgan fingerprint density at radius 3 is 2.60 bits per heavy atom. The number of para-hydroxylation sites is 1. The Labute approximate surface area is 91.8 Å². The summed E-state index contributed by atoms with van der Waals surface area (Å²) in [6.07, 6.45) is 0. The summed E-state index contributed by atoms with van der Waals surface area (Å²) in [5.74, 6) is 0.923. The van der Waals surface area contributed by atoms with Gasteiger partial charge in [-0.25, -0.2) is 0 Å². The largest absolute Gasteiger partial charge is 0.492 e. The molecule has 0 fully saturated rings. The molecule has 0 aliphatic heterocycles. The van der Waals surface area contributed by atoms with E-state index in [0.717, 1.165) is 17.9 Å². The first-order valence-electron chi connectivity index (χ1n) is 5.18. The van der Waals surface area contributed by atoms with Crippen molar-refractivity contribution in [1.82, 2.24) is 4.90 Å². The van der Waals surface area contributed by atoms with Crippen LogP contribution in [0.25, 0.3) is 0 Å². The van der Waals surface area contributed by atoms with E-state index in [1.165, 1.54) is 0 Å². The molecule has 0 bridgehead atoms. The van der Waals surface area contributed by atoms with Crippen molar-refractivity contribution >= 4 is 0 Å². The fourth-order valence-corrected chi connectivity index (χ4v) is 1.44. The second kappa shape index (κ2) is 5.73. The Hall–Kier alpha value is -1.06. The summed E-state index contributed by atoms with van der Waals surface area (Å²) in [6.45, 7) is 3.43. The highest BCUT2D eigenvalue weighted by atomic mass is 16.5. The van der Waals surface area contributed by atoms with Gasteiger partial charge in [0.05, 0.1) is 6.04 Å². The average Bonchev–Trinajstić information content (AvgIpc) is 2.15. The molecule has 0 spiro atoms. The molecule has 0 aliphatic carbocycles. The van der Waals surface area contributed by atoms with Crippen LogP contribution in [0.4, 0.5) is 0 Å². The van der Waals surface area contributed by atoms with Crippen molar-refractivity contribution in [2.75, 3.05) is 27.2 Å². The normalized spacial score (nSPS) is 12.9. The maximum absolute atomic E-state index is 5.91. The first-order chi connectivity index (χ1) is 7.09. The van der Waals surface area contributed by atoms with Crippen LogP contribution < -0.4 is 10.5 Å². The van der Waals surface area contributed by atoms with E-state index in [1.807, 2.05) is 45.3 Å². The standard InChI is InChI=1S/C12H20N2O/c1-10-6-4-5-7-12(10)15-9-11(13)8-14(2)3/h4-7,11H,8-9,13H2,1-3H3. The van der Waals surface area contributed by atoms with Crippen molar-refractivity contribution in [2.24, 2.45) is 5.73 Å². The molecule has 0 saturated carbocycles. The first kappa shape index (κ1) is 12.0. The molecule has 0 amide bonds. The van der Waals surface area contributed by atoms with Gasteiger partial charge in [-0.2, -0.15) is 0 Å². The lowest BCUT2D eigenvalue weighted by Gasteiger charge is -2.18. The number of aryl methyl sites for hydroxylation is 1. The highest BCUT2D eigenvalue weighted by Gasteiger charge is 2.05. The molecule has 0 saturated heterocycles. The van der Waals surface area contributed by atoms with Crippen LogP contribution in [0.15, 0.2) is 24.3 Å². The third-order valence-electron chi connectivity index (χ3n) is 2.15. The topological polar surface area (TPSA) is 38.5 Å². The maximum atomic E-state index is 5.91. The molecule has 1 aromatic carbocycles. The Morgan fingerprint density at radius 1 is 1.33 bits per heavy atom. The number of nitrogens with two attached hydrogens (primary N) is 1. The van der Waals surface area contributed by atoms with E-state index >= 15 is 0 Å². The number of hydrogen-bond acceptors (Lipinski definition) is 3. The van der Waals surface area contributed by atoms with Crippen molar-refractivity contribution in [2.45, 2.75) is 13.0 Å². The lowest BCUT2D eigenvalue weighted by atomic mass is 10.2. The predicted molar refractivity (Wildman–Crippen MR) is 63.2 cm³/mol. The Morgan fingerprint density at radius 2 is 2.00 bits per heavy atom. The van der Waals surface area contributed by atoms with Gasteiger partial charge in [0.2, 0.25) is 0 Å². The van der Waals surface area contributed by atoms with Crippen molar-refractivity contribution in [1.29, 1.82) is 0 Å². The van der Waals surface area contributed by atoms with E-state index in [1.54, 1.807) is 0 Å². The molecule has 3 heteroatoms. The van der Waals surface area contributed by atoms with Gasteiger partial charge in [0.15, 0.2) is 0 Å². The van der Waals surface area contributed by atoms with Gasteiger partial charge < -0.3 is 15.4 Å². The van der Waals surface area contributed by atoms with Gasteiger partial charge >= 0.3 is 0 Å². The number of nitrogens with zero attached hydrogens (tertiary/aromatic N) is 1. The average molecular weight is 208 g/mol. The van der Waals surface area contributed by atoms with Crippen LogP contribution in [-0.2, 0) is 0 Å². The number of likely N-dealkylation sites (N-methyl/N-ethyl adjacent to an activating group) is 1. The third-order valence-corrected chi connectivity index (χ3v) is 2.15. The maximum Gasteiger partial charge on any atom is 0.122 e. The van der Waals surface area contributed by atoms with Gasteiger partial charge in [-0.15, -0.1) is 0 Å². The SMILES string of the molecule is Cc1ccccc1OCC(N)CN(C)C. The Kier molecular flexibility index (Phi) is 4.59. The summed E-state index contributed by atoms with van der Waals surface area (Å²) in [6, 6.07) is 8.03. The van der Waals surface area contributed by atoms with Crippen molar-refractivity contribution in [3.8, 4) is 5.75 Å². The molecule has 1 rings (SSSR count). The van der Waals surface area contributed by atoms with Crippen LogP contribution in [0.3, 0.4) is 0 Å². The number of hydrogen-bond donors (Lipinski definition) is 1. The summed E-state index contributed by atoms with van der Waals surface area (Å²) < 4.78 is 5.65. The number of benzene rings is 1. The van der Waals surface area contributed by atoms with Crippen LogP contribution in [0.5, 0.6) is 5.75 Å². The number of ether oxygens (including phenoxy) is 1. The number of rotatable bonds is 5. The minimum Gasteiger partial charge on any atom is -0.492 e. The summed E-state index contributed by atoms with van der Waals surface area (Å²) in [5.41, 5.74) is 7.05. The monoisotopic (exact) mass is 208 g/mol. The van der Waals surface area contributed by atoms with E-state index < -0.39 is 0 Å². The van der Waals surface area contributed by atoms with Gasteiger partial charge in [-0.3, -0.25) is 0 Å². The van der Waals surface area contributed by atoms with Crippen molar-refractivity contribution in [3.05, 3.63) is 29.8 Å². The zero-order valence-corrected chi connectivity index (χ0v) is 9.73. The quantitative estimate of drug-likeness (QED) is 0.791. The summed E-state index contributed by atoms with van der Waals surface area (Å²) >= 11 is 0. The van der Waals surface area contributed by atoms with Gasteiger partial charge in [0, 0.05) is 6.54 Å². The Balaban J connectivity index is 2.40. The molecule has 0 aromatic heterocycles. The van der Waals surface area contributed by atoms with Gasteiger partial charge in [0.1, 0.15) is 12.4 Å². The minimum absolute atomic E-state index is 0.0552. The minimum atomic E-state index is 0.0552. The van der Waals surface area contributed by atoms with E-state index in [-0.39, 0.29) is 6.04 Å². The van der Waals surface area contributed by atoms with Gasteiger partial charge in [-0.05, 0) is 32.6 Å². The molecule has 1 unspecified atom stereocenters. The molecule has 1 aromatic rings. The molecular weight excluding hydrogens is 188 g/mol. The fourth-order valence-electron chi connectivity index (χ4n) is 1.44. The van der Waals surface area contributed by atoms with Gasteiger partial charge in [0.25, 0.3) is 0 Å². The van der Waals surface area contributed by atoms with Crippen LogP contribution >= 0.6 is 0 Å². The third kappa shape index (κ3) is 4.32. The zero-order chi connectivity index (χ0) is 11.3. The van der Waals surface area contributed by atoms with E-state index in [4.69, 9.17) is 10.5 Å². The van der Waals surface area contributed by atoms with E-state index in [9.17, 15) is 0 Å². The smallest absolute Gasteiger partial charge is 0.122 e. The van der Waals surface area contributed by atoms with Crippen LogP contribution in [-0.4, -0.2) is 38.2 Å². The lowest BCUT2D eigenvalue weighted by molar-refractivity contribution is 0.253.